The van der Waals surface area contributed by atoms with Crippen molar-refractivity contribution in [2.24, 2.45) is 5.92 Å². The Kier molecular flexibility index (Phi) is 7.22. The van der Waals surface area contributed by atoms with Gasteiger partial charge in [-0.3, -0.25) is 9.78 Å². The number of amides is 1. The van der Waals surface area contributed by atoms with Crippen molar-refractivity contribution in [3.63, 3.8) is 0 Å². The number of ether oxygens (including phenoxy) is 1. The number of aromatic nitrogens is 3. The highest BCUT2D eigenvalue weighted by molar-refractivity contribution is 5.94. The molecule has 166 valence electrons. The van der Waals surface area contributed by atoms with Gasteiger partial charge in [0.2, 0.25) is 0 Å². The molecular formula is C26H30N4O2. The first-order valence-corrected chi connectivity index (χ1v) is 11.2. The smallest absolute Gasteiger partial charge is 0.251 e. The van der Waals surface area contributed by atoms with E-state index in [1.807, 2.05) is 61.9 Å². The largest absolute Gasteiger partial charge is 0.380 e. The van der Waals surface area contributed by atoms with Crippen molar-refractivity contribution >= 4 is 5.91 Å². The van der Waals surface area contributed by atoms with Gasteiger partial charge in [-0.05, 0) is 73.9 Å². The minimum atomic E-state index is -0.0116. The molecule has 4 rings (SSSR count). The van der Waals surface area contributed by atoms with Crippen LogP contribution in [0.4, 0.5) is 0 Å². The maximum absolute atomic E-state index is 12.5. The number of aryl methyl sites for hydroxylation is 1. The minimum Gasteiger partial charge on any atom is -0.380 e. The van der Waals surface area contributed by atoms with E-state index in [2.05, 4.69) is 15.3 Å². The van der Waals surface area contributed by atoms with Crippen LogP contribution in [0.15, 0.2) is 55.0 Å². The highest BCUT2D eigenvalue weighted by Crippen LogP contribution is 2.38. The highest BCUT2D eigenvalue weighted by Gasteiger charge is 2.26. The van der Waals surface area contributed by atoms with E-state index in [9.17, 15) is 4.79 Å². The Labute approximate surface area is 189 Å². The number of methoxy groups -OCH3 is 1. The maximum Gasteiger partial charge on any atom is 0.251 e. The number of pyridine rings is 1. The zero-order chi connectivity index (χ0) is 22.3. The van der Waals surface area contributed by atoms with Crippen molar-refractivity contribution in [3.8, 4) is 11.1 Å². The summed E-state index contributed by atoms with van der Waals surface area (Å²) in [4.78, 5) is 25.9. The van der Waals surface area contributed by atoms with Gasteiger partial charge in [0.15, 0.2) is 0 Å². The first-order chi connectivity index (χ1) is 15.6. The normalized spacial score (nSPS) is 18.3. The van der Waals surface area contributed by atoms with Crippen LogP contribution in [0.1, 0.15) is 59.0 Å². The van der Waals surface area contributed by atoms with Crippen LogP contribution in [-0.4, -0.2) is 34.5 Å². The average molecular weight is 431 g/mol. The highest BCUT2D eigenvalue weighted by atomic mass is 16.5. The molecule has 0 bridgehead atoms. The molecule has 0 aliphatic heterocycles. The lowest BCUT2D eigenvalue weighted by Crippen LogP contribution is -2.31. The molecule has 0 unspecified atom stereocenters. The molecule has 2 heterocycles. The monoisotopic (exact) mass is 430 g/mol. The van der Waals surface area contributed by atoms with Gasteiger partial charge in [0.1, 0.15) is 5.82 Å². The zero-order valence-corrected chi connectivity index (χ0v) is 18.8. The third kappa shape index (κ3) is 5.37. The van der Waals surface area contributed by atoms with Crippen LogP contribution in [0.5, 0.6) is 0 Å². The summed E-state index contributed by atoms with van der Waals surface area (Å²) in [5.41, 5.74) is 5.11. The molecule has 2 aromatic heterocycles. The standard InChI is InChI=1S/C26H30N4O2/c1-18-28-16-24(21-11-13-27-14-12-21)25(30-18)22-7-3-19(4-8-22)15-29-26(31)23-9-5-20(6-10-23)17-32-2/h5-6,9-14,16,19,22H,3-4,7-8,15,17H2,1-2H3,(H,29,31). The summed E-state index contributed by atoms with van der Waals surface area (Å²) in [6, 6.07) is 11.6. The third-order valence-corrected chi connectivity index (χ3v) is 6.24. The van der Waals surface area contributed by atoms with Crippen LogP contribution < -0.4 is 5.32 Å². The predicted octanol–water partition coefficient (Wildman–Crippen LogP) is 4.70. The van der Waals surface area contributed by atoms with Crippen molar-refractivity contribution in [3.05, 3.63) is 77.6 Å². The van der Waals surface area contributed by atoms with E-state index in [1.165, 1.54) is 0 Å². The van der Waals surface area contributed by atoms with Crippen molar-refractivity contribution < 1.29 is 9.53 Å². The first kappa shape index (κ1) is 22.1. The van der Waals surface area contributed by atoms with Gasteiger partial charge in [-0.15, -0.1) is 0 Å². The third-order valence-electron chi connectivity index (χ3n) is 6.24. The lowest BCUT2D eigenvalue weighted by Gasteiger charge is -2.29. The Balaban J connectivity index is 1.34. The van der Waals surface area contributed by atoms with Crippen LogP contribution in [0.2, 0.25) is 0 Å². The number of hydrogen-bond acceptors (Lipinski definition) is 5. The number of benzene rings is 1. The summed E-state index contributed by atoms with van der Waals surface area (Å²) >= 11 is 0. The van der Waals surface area contributed by atoms with Gasteiger partial charge in [-0.2, -0.15) is 0 Å². The van der Waals surface area contributed by atoms with Gasteiger partial charge >= 0.3 is 0 Å². The minimum absolute atomic E-state index is 0.0116. The van der Waals surface area contributed by atoms with Crippen LogP contribution in [-0.2, 0) is 11.3 Å². The van der Waals surface area contributed by atoms with E-state index in [-0.39, 0.29) is 5.91 Å². The molecule has 1 saturated carbocycles. The topological polar surface area (TPSA) is 77.0 Å². The summed E-state index contributed by atoms with van der Waals surface area (Å²) in [5, 5.41) is 3.12. The van der Waals surface area contributed by atoms with Crippen molar-refractivity contribution in [1.29, 1.82) is 0 Å². The molecule has 1 aliphatic rings. The fourth-order valence-electron chi connectivity index (χ4n) is 4.45. The Bertz CT molecular complexity index is 1030. The lowest BCUT2D eigenvalue weighted by molar-refractivity contribution is 0.0942. The quantitative estimate of drug-likeness (QED) is 0.588. The van der Waals surface area contributed by atoms with Crippen LogP contribution in [0.3, 0.4) is 0 Å². The molecule has 1 aromatic carbocycles. The maximum atomic E-state index is 12.5. The second-order valence-electron chi connectivity index (χ2n) is 8.51. The molecule has 6 nitrogen and oxygen atoms in total. The number of nitrogens with one attached hydrogen (secondary N) is 1. The van der Waals surface area contributed by atoms with Crippen molar-refractivity contribution in [2.45, 2.75) is 45.1 Å². The SMILES string of the molecule is COCc1ccc(C(=O)NCC2CCC(c3nc(C)ncc3-c3ccncc3)CC2)cc1. The molecule has 1 fully saturated rings. The first-order valence-electron chi connectivity index (χ1n) is 11.2. The lowest BCUT2D eigenvalue weighted by atomic mass is 9.79. The summed E-state index contributed by atoms with van der Waals surface area (Å²) < 4.78 is 5.12. The number of hydrogen-bond donors (Lipinski definition) is 1. The van der Waals surface area contributed by atoms with Crippen LogP contribution in [0.25, 0.3) is 11.1 Å². The molecular weight excluding hydrogens is 400 g/mol. The van der Waals surface area contributed by atoms with Gasteiger partial charge in [0, 0.05) is 49.3 Å². The summed E-state index contributed by atoms with van der Waals surface area (Å²) in [6.07, 6.45) is 9.86. The number of carbonyl (C=O) groups excluding carboxylic acids is 1. The fraction of sp³-hybridized carbons (Fsp3) is 0.385. The Morgan fingerprint density at radius 2 is 1.78 bits per heavy atom. The van der Waals surface area contributed by atoms with Crippen molar-refractivity contribution in [1.82, 2.24) is 20.3 Å². The molecule has 3 aromatic rings. The van der Waals surface area contributed by atoms with Gasteiger partial charge in [0.05, 0.1) is 12.3 Å². The molecule has 0 spiro atoms. The van der Waals surface area contributed by atoms with Crippen molar-refractivity contribution in [2.75, 3.05) is 13.7 Å². The van der Waals surface area contributed by atoms with Gasteiger partial charge in [-0.1, -0.05) is 12.1 Å². The molecule has 1 amide bonds. The Hall–Kier alpha value is -3.12. The molecule has 6 heteroatoms. The zero-order valence-electron chi connectivity index (χ0n) is 18.8. The molecule has 1 N–H and O–H groups in total. The summed E-state index contributed by atoms with van der Waals surface area (Å²) in [6.45, 7) is 3.22. The van der Waals surface area contributed by atoms with E-state index in [1.54, 1.807) is 7.11 Å². The van der Waals surface area contributed by atoms with Gasteiger partial charge in [-0.25, -0.2) is 9.97 Å². The molecule has 1 aliphatic carbocycles. The van der Waals surface area contributed by atoms with E-state index in [4.69, 9.17) is 9.72 Å². The number of rotatable bonds is 7. The van der Waals surface area contributed by atoms with Crippen LogP contribution >= 0.6 is 0 Å². The van der Waals surface area contributed by atoms with Gasteiger partial charge < -0.3 is 10.1 Å². The van der Waals surface area contributed by atoms with E-state index in [0.717, 1.165) is 53.9 Å². The second kappa shape index (κ2) is 10.5. The Morgan fingerprint density at radius 3 is 2.47 bits per heavy atom. The Morgan fingerprint density at radius 1 is 1.06 bits per heavy atom. The predicted molar refractivity (Wildman–Crippen MR) is 124 cm³/mol. The van der Waals surface area contributed by atoms with Gasteiger partial charge in [0.25, 0.3) is 5.91 Å². The molecule has 0 atom stereocenters. The number of nitrogens with zero attached hydrogens (tertiary/aromatic N) is 3. The fourth-order valence-corrected chi connectivity index (χ4v) is 4.45. The molecule has 0 saturated heterocycles. The van der Waals surface area contributed by atoms with E-state index < -0.39 is 0 Å². The van der Waals surface area contributed by atoms with E-state index >= 15 is 0 Å². The number of carbonyl (C=O) groups is 1. The summed E-state index contributed by atoms with van der Waals surface area (Å²) in [5.74, 6) is 1.71. The second-order valence-corrected chi connectivity index (χ2v) is 8.51. The average Bonchev–Trinajstić information content (AvgIpc) is 2.84. The van der Waals surface area contributed by atoms with Crippen LogP contribution in [0, 0.1) is 12.8 Å². The van der Waals surface area contributed by atoms with E-state index in [0.29, 0.717) is 30.6 Å². The molecule has 32 heavy (non-hydrogen) atoms. The molecule has 0 radical (unpaired) electrons. The summed E-state index contributed by atoms with van der Waals surface area (Å²) in [7, 11) is 1.67.